The molecule has 19 N–H and O–H groups in total. The minimum atomic E-state index is -2.91. The number of rotatable bonds is 22. The van der Waals surface area contributed by atoms with Gasteiger partial charge in [-0.15, -0.1) is 0 Å². The van der Waals surface area contributed by atoms with Crippen LogP contribution in [0.1, 0.15) is 158 Å². The van der Waals surface area contributed by atoms with Crippen LogP contribution in [0.5, 0.6) is 46.0 Å². The minimum Gasteiger partial charge on any atom is -0.508 e. The van der Waals surface area contributed by atoms with Gasteiger partial charge in [-0.1, -0.05) is 70.1 Å². The van der Waals surface area contributed by atoms with Gasteiger partial charge in [0.15, 0.2) is 29.1 Å². The first kappa shape index (κ1) is 87.7. The average molecular weight is 1730 g/mol. The Morgan fingerprint density at radius 3 is 1.98 bits per heavy atom. The number of imide groups is 1. The Balaban J connectivity index is 0.896. The zero-order valence-corrected chi connectivity index (χ0v) is 69.7. The van der Waals surface area contributed by atoms with Gasteiger partial charge in [0, 0.05) is 41.5 Å². The van der Waals surface area contributed by atoms with Crippen LogP contribution >= 0.6 is 11.6 Å². The fourth-order valence-corrected chi connectivity index (χ4v) is 18.9. The van der Waals surface area contributed by atoms with Gasteiger partial charge in [-0.25, -0.2) is 4.79 Å². The predicted octanol–water partition coefficient (Wildman–Crippen LogP) is 3.66. The summed E-state index contributed by atoms with van der Waals surface area (Å²) in [5, 5.41) is 120. The number of aryl methyl sites for hydroxylation is 1. The summed E-state index contributed by atoms with van der Waals surface area (Å²) < 4.78 is 44.0. The van der Waals surface area contributed by atoms with Crippen molar-refractivity contribution in [1.82, 2.24) is 63.8 Å². The molecular formula is C88H103ClN12O23. The maximum atomic E-state index is 16.7. The summed E-state index contributed by atoms with van der Waals surface area (Å²) in [6.07, 6.45) is -9.59. The summed E-state index contributed by atoms with van der Waals surface area (Å²) in [5.74, 6) is -12.5. The zero-order chi connectivity index (χ0) is 88.0. The molecule has 3 unspecified atom stereocenters. The molecule has 0 aromatic heterocycles. The van der Waals surface area contributed by atoms with Crippen molar-refractivity contribution in [2.45, 2.75) is 177 Å². The molecule has 14 atom stereocenters. The normalized spacial score (nSPS) is 27.8. The van der Waals surface area contributed by atoms with Crippen LogP contribution in [0.25, 0.3) is 11.1 Å². The molecule has 6 aromatic rings. The van der Waals surface area contributed by atoms with E-state index >= 15 is 24.0 Å². The maximum absolute atomic E-state index is 16.7. The quantitative estimate of drug-likeness (QED) is 0.0340. The van der Waals surface area contributed by atoms with Gasteiger partial charge < -0.3 is 127 Å². The van der Waals surface area contributed by atoms with E-state index in [9.17, 15) is 54.9 Å². The van der Waals surface area contributed by atoms with E-state index in [1.807, 2.05) is 27.7 Å². The number of aromatic hydroxyl groups is 1. The van der Waals surface area contributed by atoms with Crippen LogP contribution in [0.3, 0.4) is 0 Å². The summed E-state index contributed by atoms with van der Waals surface area (Å²) in [5.41, 5.74) is -1.25. The van der Waals surface area contributed by atoms with Crippen molar-refractivity contribution in [1.29, 1.82) is 0 Å². The molecule has 4 saturated carbocycles. The number of carbonyl (C=O) groups excluding carboxylic acids is 9. The lowest BCUT2D eigenvalue weighted by Gasteiger charge is -2.54. The van der Waals surface area contributed by atoms with Crippen LogP contribution in [-0.2, 0) is 48.8 Å². The van der Waals surface area contributed by atoms with Crippen molar-refractivity contribution < 1.29 is 112 Å². The van der Waals surface area contributed by atoms with E-state index in [1.165, 1.54) is 92.8 Å². The standard InChI is InChI=1S/C88H103ClN12O23/c1-8-91-18-20-118-60-17-13-46(31-61(60)119-21-19-92-9-2)79(108)96-65(103)36-57-81(110)99-70-49-32-62(120-58-15-11-44(23-39(58)5)74(105)72(85(114)95-57)101-80(109)56(90-7)22-38(3)4)77(123-86-76(107)75(106)78-64(122-86)37-93-87(115)124-78)63(33-49)121-59-16-12-45(30-55(59)89)73(104)67-40(6)94-71(84(113)98-68-47-25-41-24-42(27-47)28-48(68)26-41)52-34-50(102)35-54-66(52)51-29-43(10-14-53(51)88(54,116)117)69(82(111)97-67)100-83(70)112/h10-17,23,29-35,38,41-42,47-48,56-57,64,67-76,78,86,90-92,94,102,104-107,116-117H,6,8-9,18-22,24-28,36-37H2,1-5,7H3,(H,93,115)(H,95,114)(H,97,111)(H,98,113)(H,99,110)(H,100,112)(H,101,109)(H,96,103,108)/t41?,42?,47?,48?,56-,57+,64-,67-,68?,69-,70?,71+,72-,73-,74?,75?,76-,78-,86+/m1/s1. The Bertz CT molecular complexity index is 5160. The number of ether oxygens (including phenoxy) is 7. The number of phenolic OH excluding ortho intramolecular Hbond substituents is 1. The van der Waals surface area contributed by atoms with Crippen LogP contribution in [0, 0.1) is 36.5 Å². The third-order valence-corrected chi connectivity index (χ3v) is 24.9. The lowest BCUT2D eigenvalue weighted by Crippen LogP contribution is -2.65. The van der Waals surface area contributed by atoms with Crippen molar-refractivity contribution in [2.75, 3.05) is 53.0 Å². The molecule has 15 bridgehead atoms. The van der Waals surface area contributed by atoms with E-state index < -0.39 is 174 Å². The van der Waals surface area contributed by atoms with Gasteiger partial charge in [0.2, 0.25) is 59.2 Å². The van der Waals surface area contributed by atoms with Gasteiger partial charge in [0.05, 0.1) is 30.1 Å². The molecule has 12 aliphatic rings. The Morgan fingerprint density at radius 2 is 1.31 bits per heavy atom. The highest BCUT2D eigenvalue weighted by atomic mass is 35.5. The maximum Gasteiger partial charge on any atom is 0.407 e. The van der Waals surface area contributed by atoms with Crippen molar-refractivity contribution in [2.24, 2.45) is 29.6 Å². The zero-order valence-electron chi connectivity index (χ0n) is 68.9. The van der Waals surface area contributed by atoms with Crippen LogP contribution < -0.4 is 87.5 Å². The van der Waals surface area contributed by atoms with E-state index in [0.717, 1.165) is 50.3 Å². The van der Waals surface area contributed by atoms with Gasteiger partial charge in [-0.2, -0.15) is 0 Å². The Morgan fingerprint density at radius 1 is 0.669 bits per heavy atom. The molecule has 7 aliphatic heterocycles. The van der Waals surface area contributed by atoms with Gasteiger partial charge in [0.1, 0.15) is 91.2 Å². The molecule has 6 aromatic carbocycles. The topological polar surface area (TPSA) is 504 Å². The second-order valence-electron chi connectivity index (χ2n) is 33.6. The Labute approximate surface area is 718 Å². The molecule has 7 heterocycles. The third kappa shape index (κ3) is 18.1. The fraction of sp³-hybridized carbons (Fsp3) is 0.466. The summed E-state index contributed by atoms with van der Waals surface area (Å²) in [6, 6.07) is 7.56. The van der Waals surface area contributed by atoms with Crippen molar-refractivity contribution in [3.63, 3.8) is 0 Å². The van der Waals surface area contributed by atoms with E-state index in [2.05, 4.69) is 70.4 Å². The first-order valence-corrected chi connectivity index (χ1v) is 42.2. The molecular weight excluding hydrogens is 1630 g/mol. The molecule has 0 radical (unpaired) electrons. The van der Waals surface area contributed by atoms with E-state index in [0.29, 0.717) is 38.0 Å². The summed E-state index contributed by atoms with van der Waals surface area (Å²) >= 11 is 7.32. The Hall–Kier alpha value is -11.2. The number of phenols is 1. The van der Waals surface area contributed by atoms with Gasteiger partial charge in [0.25, 0.3) is 5.91 Å². The van der Waals surface area contributed by atoms with Crippen LogP contribution in [0.4, 0.5) is 4.79 Å². The molecule has 2 saturated heterocycles. The molecule has 9 amide bonds. The van der Waals surface area contributed by atoms with Gasteiger partial charge >= 0.3 is 6.09 Å². The van der Waals surface area contributed by atoms with Crippen LogP contribution in [-0.4, -0.2) is 203 Å². The second kappa shape index (κ2) is 36.5. The van der Waals surface area contributed by atoms with Crippen LogP contribution in [0.15, 0.2) is 109 Å². The number of nitrogens with one attached hydrogen (secondary N) is 12. The monoisotopic (exact) mass is 1730 g/mol. The SMILES string of the molecule is C=C1N[C@H](C(=O)NC2C3CC4CC(C3)CC2C4)c2cc(O)cc3c2-c2cc(ccc2C3(O)O)[C@H]2NC(=O)C3NC(=O)[C@H](CC(=O)NC(=O)c4ccc(OCCNCC)c(OCCNCC)c4)NC(=O)[C@H](NC(=O)[C@@H](CC(C)C)NC)C(O)c4ccc(c(C)c4)Oc4cc3cc(c4O[C@@H]3O[C@@H]4CNC(=O)O[C@H]4C(O)[C@H]3O)Oc3ccc(cc3Cl)[C@@H](O)[C@@H]1NC2=O. The number of aliphatic hydroxyl groups excluding tert-OH is 4. The number of aliphatic hydroxyl groups is 6. The van der Waals surface area contributed by atoms with Crippen molar-refractivity contribution >= 4 is 65.0 Å². The highest BCUT2D eigenvalue weighted by Gasteiger charge is 2.53. The second-order valence-corrected chi connectivity index (χ2v) is 34.0. The highest BCUT2D eigenvalue weighted by Crippen LogP contribution is 2.56. The number of likely N-dealkylation sites (N-methyl/N-ethyl adjacent to an activating group) is 3. The number of amides is 9. The predicted molar refractivity (Wildman–Crippen MR) is 443 cm³/mol. The number of fused-ring (bicyclic) bond motifs is 13. The summed E-state index contributed by atoms with van der Waals surface area (Å²) in [7, 11) is 1.51. The van der Waals surface area contributed by atoms with Crippen LogP contribution in [0.2, 0.25) is 5.02 Å². The molecule has 35 nitrogen and oxygen atoms in total. The fourth-order valence-electron chi connectivity index (χ4n) is 18.6. The smallest absolute Gasteiger partial charge is 0.407 e. The molecule has 36 heteroatoms. The lowest BCUT2D eigenvalue weighted by atomic mass is 9.54. The number of hydrogen-bond donors (Lipinski definition) is 19. The summed E-state index contributed by atoms with van der Waals surface area (Å²) in [6.45, 7) is 15.6. The number of alkyl carbamates (subject to hydrolysis) is 1. The molecule has 6 fully saturated rings. The van der Waals surface area contributed by atoms with E-state index in [1.54, 1.807) is 0 Å². The van der Waals surface area contributed by atoms with Crippen molar-refractivity contribution in [3.05, 3.63) is 164 Å². The van der Waals surface area contributed by atoms with E-state index in [4.69, 9.17) is 44.8 Å². The largest absolute Gasteiger partial charge is 0.508 e. The number of benzene rings is 6. The molecule has 5 aliphatic carbocycles. The van der Waals surface area contributed by atoms with Gasteiger partial charge in [-0.05, 0) is 212 Å². The number of carbonyl (C=O) groups is 9. The van der Waals surface area contributed by atoms with E-state index in [-0.39, 0.29) is 145 Å². The average Bonchev–Trinajstić information content (AvgIpc) is 1.56. The lowest BCUT2D eigenvalue weighted by molar-refractivity contribution is -0.275. The molecule has 124 heavy (non-hydrogen) atoms. The minimum absolute atomic E-state index is 0.00252. The first-order valence-electron chi connectivity index (χ1n) is 41.8. The first-order chi connectivity index (χ1) is 59.3. The number of hydrogen-bond acceptors (Lipinski definition) is 27. The highest BCUT2D eigenvalue weighted by molar-refractivity contribution is 6.32. The summed E-state index contributed by atoms with van der Waals surface area (Å²) in [4.78, 5) is 137. The Kier molecular flexibility index (Phi) is 25.8. The molecule has 660 valence electrons. The molecule has 0 spiro atoms. The third-order valence-electron chi connectivity index (χ3n) is 24.6. The van der Waals surface area contributed by atoms with Gasteiger partial charge in [-0.3, -0.25) is 43.7 Å². The molecule has 18 rings (SSSR count). The van der Waals surface area contributed by atoms with Crippen molar-refractivity contribution in [3.8, 4) is 57.1 Å². The number of halogens is 1.